The van der Waals surface area contributed by atoms with Crippen LogP contribution in [0.2, 0.25) is 0 Å². The summed E-state index contributed by atoms with van der Waals surface area (Å²) in [5.74, 6) is 0.101. The summed E-state index contributed by atoms with van der Waals surface area (Å²) in [6, 6.07) is 5.01. The van der Waals surface area contributed by atoms with Crippen LogP contribution in [0.4, 0.5) is 4.39 Å². The minimum atomic E-state index is -0.256. The van der Waals surface area contributed by atoms with Gasteiger partial charge in [0.25, 0.3) is 5.91 Å². The predicted molar refractivity (Wildman–Crippen MR) is 96.2 cm³/mol. The van der Waals surface area contributed by atoms with Gasteiger partial charge in [0.05, 0.1) is 12.7 Å². The Bertz CT molecular complexity index is 981. The number of halogens is 1. The van der Waals surface area contributed by atoms with Gasteiger partial charge in [-0.15, -0.1) is 0 Å². The molecule has 0 aliphatic carbocycles. The number of fused-ring (bicyclic) bond motifs is 1. The molecule has 2 heterocycles. The Labute approximate surface area is 151 Å². The van der Waals surface area contributed by atoms with E-state index in [0.29, 0.717) is 29.1 Å². The van der Waals surface area contributed by atoms with E-state index in [9.17, 15) is 9.18 Å². The minimum Gasteiger partial charge on any atom is -0.491 e. The summed E-state index contributed by atoms with van der Waals surface area (Å²) in [7, 11) is 0. The highest BCUT2D eigenvalue weighted by atomic mass is 19.1. The summed E-state index contributed by atoms with van der Waals surface area (Å²) < 4.78 is 20.8. The van der Waals surface area contributed by atoms with Crippen molar-refractivity contribution >= 4 is 11.6 Å². The molecule has 0 unspecified atom stereocenters. The Kier molecular flexibility index (Phi) is 4.88. The van der Waals surface area contributed by atoms with Crippen LogP contribution in [0.3, 0.4) is 0 Å². The number of hydrogen-bond donors (Lipinski definition) is 1. The molecule has 6 nitrogen and oxygen atoms in total. The largest absolute Gasteiger partial charge is 0.491 e. The molecule has 0 bridgehead atoms. The fraction of sp³-hybridized carbons (Fsp3) is 0.316. The van der Waals surface area contributed by atoms with E-state index >= 15 is 0 Å². The molecule has 0 radical (unpaired) electrons. The summed E-state index contributed by atoms with van der Waals surface area (Å²) in [6.45, 7) is 7.86. The Balaban J connectivity index is 1.63. The molecule has 1 amide bonds. The Hall–Kier alpha value is -2.96. The molecule has 1 N–H and O–H groups in total. The van der Waals surface area contributed by atoms with Crippen LogP contribution < -0.4 is 10.1 Å². The smallest absolute Gasteiger partial charge is 0.256 e. The first-order valence-electron chi connectivity index (χ1n) is 8.36. The number of amides is 1. The molecule has 0 saturated carbocycles. The van der Waals surface area contributed by atoms with E-state index in [1.807, 2.05) is 19.9 Å². The molecule has 26 heavy (non-hydrogen) atoms. The number of aryl methyl sites for hydroxylation is 4. The molecule has 0 aliphatic rings. The second-order valence-electron chi connectivity index (χ2n) is 6.30. The second kappa shape index (κ2) is 7.11. The third-order valence-corrected chi connectivity index (χ3v) is 4.12. The lowest BCUT2D eigenvalue weighted by Crippen LogP contribution is -2.28. The molecule has 0 atom stereocenters. The summed E-state index contributed by atoms with van der Waals surface area (Å²) in [4.78, 5) is 16.8. The van der Waals surface area contributed by atoms with Gasteiger partial charge in [-0.1, -0.05) is 0 Å². The molecule has 136 valence electrons. The van der Waals surface area contributed by atoms with Gasteiger partial charge in [-0.2, -0.15) is 5.10 Å². The molecule has 0 fully saturated rings. The van der Waals surface area contributed by atoms with Crippen LogP contribution in [-0.4, -0.2) is 33.7 Å². The number of carbonyl (C=O) groups is 1. The maximum atomic E-state index is 13.5. The molecular formula is C19H21FN4O2. The number of aromatic nitrogens is 3. The minimum absolute atomic E-state index is 0.255. The summed E-state index contributed by atoms with van der Waals surface area (Å²) in [6.07, 6.45) is 1.51. The first kappa shape index (κ1) is 17.8. The maximum absolute atomic E-state index is 13.5. The van der Waals surface area contributed by atoms with E-state index in [2.05, 4.69) is 15.4 Å². The van der Waals surface area contributed by atoms with Crippen molar-refractivity contribution < 1.29 is 13.9 Å². The van der Waals surface area contributed by atoms with Crippen LogP contribution in [0.25, 0.3) is 5.65 Å². The average Bonchev–Trinajstić information content (AvgIpc) is 3.00. The summed E-state index contributed by atoms with van der Waals surface area (Å²) in [5, 5.41) is 7.01. The quantitative estimate of drug-likeness (QED) is 0.714. The third-order valence-electron chi connectivity index (χ3n) is 4.12. The van der Waals surface area contributed by atoms with Crippen molar-refractivity contribution in [2.75, 3.05) is 13.2 Å². The fourth-order valence-corrected chi connectivity index (χ4v) is 2.76. The first-order chi connectivity index (χ1) is 12.4. The zero-order chi connectivity index (χ0) is 18.8. The molecule has 0 saturated heterocycles. The zero-order valence-electron chi connectivity index (χ0n) is 15.3. The van der Waals surface area contributed by atoms with Crippen LogP contribution in [0.5, 0.6) is 5.75 Å². The molecule has 7 heteroatoms. The molecular weight excluding hydrogens is 335 g/mol. The highest BCUT2D eigenvalue weighted by molar-refractivity contribution is 5.99. The highest BCUT2D eigenvalue weighted by Crippen LogP contribution is 2.21. The normalized spacial score (nSPS) is 11.0. The van der Waals surface area contributed by atoms with Crippen molar-refractivity contribution in [2.45, 2.75) is 27.7 Å². The Morgan fingerprint density at radius 1 is 1.19 bits per heavy atom. The number of benzene rings is 1. The Morgan fingerprint density at radius 3 is 2.73 bits per heavy atom. The SMILES string of the molecule is Cc1cc(C)n2ncc(C(=O)NCCOc3cc(C)c(F)cc3C)c2n1. The molecule has 3 rings (SSSR count). The van der Waals surface area contributed by atoms with Gasteiger partial charge >= 0.3 is 0 Å². The van der Waals surface area contributed by atoms with Crippen molar-refractivity contribution in [3.8, 4) is 5.75 Å². The maximum Gasteiger partial charge on any atom is 0.256 e. The lowest BCUT2D eigenvalue weighted by molar-refractivity contribution is 0.0948. The van der Waals surface area contributed by atoms with E-state index in [-0.39, 0.29) is 18.3 Å². The molecule has 3 aromatic rings. The van der Waals surface area contributed by atoms with Crippen LogP contribution in [-0.2, 0) is 0 Å². The highest BCUT2D eigenvalue weighted by Gasteiger charge is 2.15. The summed E-state index contributed by atoms with van der Waals surface area (Å²) >= 11 is 0. The van der Waals surface area contributed by atoms with Gasteiger partial charge in [0.15, 0.2) is 5.65 Å². The number of carbonyl (C=O) groups excluding carboxylic acids is 1. The van der Waals surface area contributed by atoms with Crippen molar-refractivity contribution in [1.29, 1.82) is 0 Å². The fourth-order valence-electron chi connectivity index (χ4n) is 2.76. The number of nitrogens with one attached hydrogen (secondary N) is 1. The third kappa shape index (κ3) is 3.51. The van der Waals surface area contributed by atoms with Crippen molar-refractivity contribution in [3.63, 3.8) is 0 Å². The van der Waals surface area contributed by atoms with Crippen molar-refractivity contribution in [1.82, 2.24) is 19.9 Å². The van der Waals surface area contributed by atoms with Crippen molar-refractivity contribution in [3.05, 3.63) is 58.3 Å². The van der Waals surface area contributed by atoms with Gasteiger partial charge in [0, 0.05) is 11.4 Å². The number of ether oxygens (including phenoxy) is 1. The number of rotatable bonds is 5. The average molecular weight is 356 g/mol. The molecule has 0 spiro atoms. The summed E-state index contributed by atoms with van der Waals surface area (Å²) in [5.41, 5.74) is 3.94. The van der Waals surface area contributed by atoms with E-state index in [1.54, 1.807) is 24.4 Å². The molecule has 1 aromatic carbocycles. The Morgan fingerprint density at radius 2 is 1.96 bits per heavy atom. The van der Waals surface area contributed by atoms with Crippen LogP contribution in [0, 0.1) is 33.5 Å². The van der Waals surface area contributed by atoms with E-state index in [0.717, 1.165) is 17.0 Å². The number of nitrogens with zero attached hydrogens (tertiary/aromatic N) is 3. The topological polar surface area (TPSA) is 68.5 Å². The van der Waals surface area contributed by atoms with Crippen LogP contribution in [0.15, 0.2) is 24.4 Å². The molecule has 0 aliphatic heterocycles. The lowest BCUT2D eigenvalue weighted by Gasteiger charge is -2.11. The van der Waals surface area contributed by atoms with Gasteiger partial charge in [-0.3, -0.25) is 4.79 Å². The van der Waals surface area contributed by atoms with Gasteiger partial charge in [-0.25, -0.2) is 13.9 Å². The van der Waals surface area contributed by atoms with Gasteiger partial charge in [-0.05, 0) is 57.0 Å². The van der Waals surface area contributed by atoms with Gasteiger partial charge < -0.3 is 10.1 Å². The van der Waals surface area contributed by atoms with Crippen LogP contribution >= 0.6 is 0 Å². The van der Waals surface area contributed by atoms with E-state index in [1.165, 1.54) is 12.3 Å². The van der Waals surface area contributed by atoms with Gasteiger partial charge in [0.1, 0.15) is 23.7 Å². The second-order valence-corrected chi connectivity index (χ2v) is 6.30. The lowest BCUT2D eigenvalue weighted by atomic mass is 10.1. The molecule has 2 aromatic heterocycles. The van der Waals surface area contributed by atoms with Crippen LogP contribution in [0.1, 0.15) is 32.9 Å². The monoisotopic (exact) mass is 356 g/mol. The van der Waals surface area contributed by atoms with E-state index < -0.39 is 0 Å². The predicted octanol–water partition coefficient (Wildman–Crippen LogP) is 2.91. The number of hydrogen-bond acceptors (Lipinski definition) is 4. The van der Waals surface area contributed by atoms with E-state index in [4.69, 9.17) is 4.74 Å². The first-order valence-corrected chi connectivity index (χ1v) is 8.36. The van der Waals surface area contributed by atoms with Gasteiger partial charge in [0.2, 0.25) is 0 Å². The van der Waals surface area contributed by atoms with Crippen molar-refractivity contribution in [2.24, 2.45) is 0 Å². The zero-order valence-corrected chi connectivity index (χ0v) is 15.3. The standard InChI is InChI=1S/C19H21FN4O2/c1-11-8-17(12(2)7-16(11)20)26-6-5-21-19(25)15-10-22-24-14(4)9-13(3)23-18(15)24/h7-10H,5-6H2,1-4H3,(H,21,25).